The second kappa shape index (κ2) is 4.78. The monoisotopic (exact) mass is 269 g/mol. The molecule has 0 radical (unpaired) electrons. The van der Waals surface area contributed by atoms with Crippen LogP contribution in [0.3, 0.4) is 0 Å². The van der Waals surface area contributed by atoms with Crippen LogP contribution >= 0.6 is 0 Å². The summed E-state index contributed by atoms with van der Waals surface area (Å²) in [6.45, 7) is 9.01. The minimum Gasteiger partial charge on any atom is -0.472 e. The van der Waals surface area contributed by atoms with E-state index < -0.39 is 0 Å². The van der Waals surface area contributed by atoms with Crippen LogP contribution in [0.4, 0.5) is 0 Å². The summed E-state index contributed by atoms with van der Waals surface area (Å²) in [5.74, 6) is 0. The van der Waals surface area contributed by atoms with Gasteiger partial charge < -0.3 is 9.32 Å². The Morgan fingerprint density at radius 1 is 1.20 bits per heavy atom. The molecule has 0 unspecified atom stereocenters. The highest BCUT2D eigenvalue weighted by Crippen LogP contribution is 2.35. The lowest BCUT2D eigenvalue weighted by Crippen LogP contribution is -2.27. The van der Waals surface area contributed by atoms with E-state index in [4.69, 9.17) is 4.42 Å². The molecule has 0 spiro atoms. The maximum absolute atomic E-state index is 5.30. The number of likely N-dealkylation sites (N-methyl/N-ethyl adjacent to an activating group) is 1. The highest BCUT2D eigenvalue weighted by atomic mass is 16.3. The van der Waals surface area contributed by atoms with Crippen molar-refractivity contribution in [1.82, 2.24) is 4.90 Å². The molecule has 1 aliphatic heterocycles. The van der Waals surface area contributed by atoms with Crippen LogP contribution in [0.5, 0.6) is 0 Å². The molecule has 0 aliphatic carbocycles. The predicted octanol–water partition coefficient (Wildman–Crippen LogP) is 4.23. The molecule has 0 saturated heterocycles. The third kappa shape index (κ3) is 2.40. The highest BCUT2D eigenvalue weighted by molar-refractivity contribution is 5.69. The molecule has 0 atom stereocenters. The molecule has 0 fully saturated rings. The van der Waals surface area contributed by atoms with Gasteiger partial charge in [0.15, 0.2) is 0 Å². The number of benzene rings is 1. The summed E-state index contributed by atoms with van der Waals surface area (Å²) in [7, 11) is 2.20. The summed E-state index contributed by atoms with van der Waals surface area (Å²) < 4.78 is 5.30. The first-order chi connectivity index (χ1) is 9.45. The van der Waals surface area contributed by atoms with Gasteiger partial charge in [0.2, 0.25) is 0 Å². The van der Waals surface area contributed by atoms with Gasteiger partial charge in [0, 0.05) is 18.7 Å². The van der Waals surface area contributed by atoms with Crippen LogP contribution in [0.1, 0.15) is 37.5 Å². The van der Waals surface area contributed by atoms with Crippen LogP contribution in [0.25, 0.3) is 11.1 Å². The fourth-order valence-corrected chi connectivity index (χ4v) is 2.95. The van der Waals surface area contributed by atoms with Crippen molar-refractivity contribution in [3.05, 3.63) is 47.4 Å². The van der Waals surface area contributed by atoms with Crippen molar-refractivity contribution in [3.8, 4) is 11.1 Å². The minimum atomic E-state index is 0.170. The van der Waals surface area contributed by atoms with E-state index in [-0.39, 0.29) is 5.41 Å². The van der Waals surface area contributed by atoms with Crippen LogP contribution in [0.2, 0.25) is 0 Å². The zero-order chi connectivity index (χ0) is 14.3. The van der Waals surface area contributed by atoms with E-state index in [1.54, 1.807) is 6.26 Å². The van der Waals surface area contributed by atoms with E-state index in [1.165, 1.54) is 27.8 Å². The van der Waals surface area contributed by atoms with Gasteiger partial charge in [-0.05, 0) is 47.2 Å². The summed E-state index contributed by atoms with van der Waals surface area (Å²) in [5.41, 5.74) is 7.11. The second-order valence-corrected chi connectivity index (χ2v) is 6.91. The van der Waals surface area contributed by atoms with Gasteiger partial charge in [-0.15, -0.1) is 0 Å². The van der Waals surface area contributed by atoms with Gasteiger partial charge in [-0.25, -0.2) is 0 Å². The van der Waals surface area contributed by atoms with E-state index >= 15 is 0 Å². The topological polar surface area (TPSA) is 16.4 Å². The smallest absolute Gasteiger partial charge is 0.0981 e. The lowest BCUT2D eigenvalue weighted by Gasteiger charge is -2.30. The van der Waals surface area contributed by atoms with Crippen LogP contribution in [0.15, 0.2) is 35.1 Å². The summed E-state index contributed by atoms with van der Waals surface area (Å²) in [5, 5.41) is 0. The zero-order valence-corrected chi connectivity index (χ0v) is 12.9. The fraction of sp³-hybridized carbons (Fsp3) is 0.444. The Balaban J connectivity index is 2.19. The summed E-state index contributed by atoms with van der Waals surface area (Å²) in [6.07, 6.45) is 4.75. The molecule has 2 nitrogen and oxygen atoms in total. The Kier molecular flexibility index (Phi) is 3.21. The molecule has 0 saturated carbocycles. The van der Waals surface area contributed by atoms with E-state index in [0.717, 1.165) is 19.5 Å². The zero-order valence-electron chi connectivity index (χ0n) is 12.9. The van der Waals surface area contributed by atoms with Gasteiger partial charge in [-0.3, -0.25) is 0 Å². The molecule has 20 heavy (non-hydrogen) atoms. The highest BCUT2D eigenvalue weighted by Gasteiger charge is 2.22. The molecule has 0 N–H and O–H groups in total. The molecule has 106 valence electrons. The molecule has 1 aromatic carbocycles. The van der Waals surface area contributed by atoms with Gasteiger partial charge in [0.1, 0.15) is 0 Å². The lowest BCUT2D eigenvalue weighted by atomic mass is 9.81. The van der Waals surface area contributed by atoms with Crippen molar-refractivity contribution < 1.29 is 4.42 Å². The fourth-order valence-electron chi connectivity index (χ4n) is 2.95. The maximum Gasteiger partial charge on any atom is 0.0981 e. The third-order valence-electron chi connectivity index (χ3n) is 4.22. The van der Waals surface area contributed by atoms with Crippen LogP contribution in [0, 0.1) is 0 Å². The van der Waals surface area contributed by atoms with Gasteiger partial charge in [-0.2, -0.15) is 0 Å². The van der Waals surface area contributed by atoms with E-state index in [1.807, 2.05) is 6.26 Å². The van der Waals surface area contributed by atoms with E-state index in [9.17, 15) is 0 Å². The van der Waals surface area contributed by atoms with Gasteiger partial charge >= 0.3 is 0 Å². The molecule has 0 amide bonds. The Morgan fingerprint density at radius 3 is 2.65 bits per heavy atom. The van der Waals surface area contributed by atoms with Crippen LogP contribution in [-0.2, 0) is 18.4 Å². The lowest BCUT2D eigenvalue weighted by molar-refractivity contribution is 0.313. The summed E-state index contributed by atoms with van der Waals surface area (Å²) >= 11 is 0. The van der Waals surface area contributed by atoms with Crippen molar-refractivity contribution in [3.63, 3.8) is 0 Å². The molecule has 2 aromatic rings. The van der Waals surface area contributed by atoms with Crippen LogP contribution < -0.4 is 0 Å². The first-order valence-corrected chi connectivity index (χ1v) is 7.32. The number of furan rings is 1. The van der Waals surface area contributed by atoms with Crippen LogP contribution in [-0.4, -0.2) is 18.5 Å². The molecule has 0 bridgehead atoms. The molecular formula is C18H23NO. The van der Waals surface area contributed by atoms with Gasteiger partial charge in [-0.1, -0.05) is 32.9 Å². The Hall–Kier alpha value is -1.54. The minimum absolute atomic E-state index is 0.170. The van der Waals surface area contributed by atoms with Crippen molar-refractivity contribution in [2.24, 2.45) is 0 Å². The number of hydrogen-bond acceptors (Lipinski definition) is 2. The molecular weight excluding hydrogens is 246 g/mol. The Labute approximate surface area is 121 Å². The number of hydrogen-bond donors (Lipinski definition) is 0. The largest absolute Gasteiger partial charge is 0.472 e. The van der Waals surface area contributed by atoms with Gasteiger partial charge in [0.25, 0.3) is 0 Å². The van der Waals surface area contributed by atoms with Crippen molar-refractivity contribution in [2.45, 2.75) is 39.2 Å². The normalized spacial score (nSPS) is 16.2. The van der Waals surface area contributed by atoms with Crippen molar-refractivity contribution in [2.75, 3.05) is 13.6 Å². The number of fused-ring (bicyclic) bond motifs is 1. The number of rotatable bonds is 1. The quantitative estimate of drug-likeness (QED) is 0.770. The molecule has 1 aliphatic rings. The average Bonchev–Trinajstić information content (AvgIpc) is 2.89. The third-order valence-corrected chi connectivity index (χ3v) is 4.22. The molecule has 2 heteroatoms. The molecule has 1 aromatic heterocycles. The van der Waals surface area contributed by atoms with Gasteiger partial charge in [0.05, 0.1) is 12.5 Å². The first-order valence-electron chi connectivity index (χ1n) is 7.32. The summed E-state index contributed by atoms with van der Waals surface area (Å²) in [4.78, 5) is 2.40. The standard InChI is InChI=1S/C18H23NO/c1-18(2,3)15-9-14-11-19(4)7-5-16(14)17(10-15)13-6-8-20-12-13/h6,8-10,12H,5,7,11H2,1-4H3. The molecule has 3 rings (SSSR count). The van der Waals surface area contributed by atoms with E-state index in [2.05, 4.69) is 50.9 Å². The molecule has 2 heterocycles. The maximum atomic E-state index is 5.30. The van der Waals surface area contributed by atoms with Crippen molar-refractivity contribution in [1.29, 1.82) is 0 Å². The Bertz CT molecular complexity index is 605. The average molecular weight is 269 g/mol. The SMILES string of the molecule is CN1CCc2c(cc(C(C)(C)C)cc2-c2ccoc2)C1. The number of nitrogens with zero attached hydrogens (tertiary/aromatic N) is 1. The van der Waals surface area contributed by atoms with E-state index in [0.29, 0.717) is 0 Å². The second-order valence-electron chi connectivity index (χ2n) is 6.91. The summed E-state index contributed by atoms with van der Waals surface area (Å²) in [6, 6.07) is 6.82. The predicted molar refractivity (Wildman–Crippen MR) is 82.9 cm³/mol. The Morgan fingerprint density at radius 2 is 2.00 bits per heavy atom. The van der Waals surface area contributed by atoms with Crippen molar-refractivity contribution >= 4 is 0 Å². The first kappa shape index (κ1) is 13.4.